The first-order valence-electron chi connectivity index (χ1n) is 5.67. The minimum Gasteiger partial charge on any atom is -0.359 e. The first-order valence-corrected chi connectivity index (χ1v) is 5.67. The Hall–Kier alpha value is -2.56. The Labute approximate surface area is 103 Å². The van der Waals surface area contributed by atoms with Crippen molar-refractivity contribution in [3.8, 4) is 0 Å². The summed E-state index contributed by atoms with van der Waals surface area (Å²) in [6, 6.07) is 9.55. The number of benzene rings is 1. The van der Waals surface area contributed by atoms with Gasteiger partial charge in [0.2, 0.25) is 5.91 Å². The highest BCUT2D eigenvalue weighted by molar-refractivity contribution is 6.01. The number of H-pyrrole nitrogens is 2. The highest BCUT2D eigenvalue weighted by atomic mass is 16.1. The van der Waals surface area contributed by atoms with Gasteiger partial charge in [0.25, 0.3) is 0 Å². The lowest BCUT2D eigenvalue weighted by atomic mass is 10.2. The zero-order valence-corrected chi connectivity index (χ0v) is 9.60. The Kier molecular flexibility index (Phi) is 2.57. The van der Waals surface area contributed by atoms with Gasteiger partial charge in [-0.25, -0.2) is 0 Å². The van der Waals surface area contributed by atoms with E-state index in [0.29, 0.717) is 0 Å². The highest BCUT2D eigenvalue weighted by Gasteiger charge is 2.07. The lowest BCUT2D eigenvalue weighted by Gasteiger charge is -2.05. The minimum absolute atomic E-state index is 0.0682. The number of anilines is 1. The maximum atomic E-state index is 11.9. The molecule has 0 fully saturated rings. The van der Waals surface area contributed by atoms with Crippen LogP contribution in [0.1, 0.15) is 5.69 Å². The molecule has 2 aromatic heterocycles. The van der Waals surface area contributed by atoms with Crippen LogP contribution >= 0.6 is 0 Å². The van der Waals surface area contributed by atoms with Crippen molar-refractivity contribution < 1.29 is 4.79 Å². The molecule has 3 rings (SSSR count). The van der Waals surface area contributed by atoms with E-state index in [1.807, 2.05) is 30.5 Å². The first-order chi connectivity index (χ1) is 8.83. The van der Waals surface area contributed by atoms with Crippen molar-refractivity contribution in [2.24, 2.45) is 0 Å². The van der Waals surface area contributed by atoms with Crippen LogP contribution in [-0.4, -0.2) is 21.1 Å². The number of rotatable bonds is 3. The van der Waals surface area contributed by atoms with Crippen LogP contribution in [0.15, 0.2) is 42.7 Å². The number of aromatic nitrogens is 3. The topological polar surface area (TPSA) is 73.6 Å². The molecule has 5 nitrogen and oxygen atoms in total. The number of nitrogens with zero attached hydrogens (tertiary/aromatic N) is 1. The molecule has 0 bridgehead atoms. The van der Waals surface area contributed by atoms with Gasteiger partial charge in [-0.15, -0.1) is 0 Å². The zero-order valence-electron chi connectivity index (χ0n) is 9.60. The summed E-state index contributed by atoms with van der Waals surface area (Å²) in [4.78, 5) is 15.0. The molecule has 0 atom stereocenters. The van der Waals surface area contributed by atoms with Crippen molar-refractivity contribution in [1.82, 2.24) is 15.2 Å². The molecule has 2 heterocycles. The second-order valence-electron chi connectivity index (χ2n) is 4.05. The van der Waals surface area contributed by atoms with Gasteiger partial charge in [0.1, 0.15) is 0 Å². The Bertz CT molecular complexity index is 669. The molecule has 0 aliphatic carbocycles. The number of nitrogens with one attached hydrogen (secondary N) is 3. The van der Waals surface area contributed by atoms with Crippen molar-refractivity contribution in [2.45, 2.75) is 6.42 Å². The maximum absolute atomic E-state index is 11.9. The van der Waals surface area contributed by atoms with Gasteiger partial charge in [0, 0.05) is 23.5 Å². The summed E-state index contributed by atoms with van der Waals surface area (Å²) in [5, 5.41) is 10.5. The molecular weight excluding hydrogens is 228 g/mol. The van der Waals surface area contributed by atoms with Crippen molar-refractivity contribution in [3.05, 3.63) is 48.4 Å². The third kappa shape index (κ3) is 1.98. The number of carbonyl (C=O) groups excluding carboxylic acids is 1. The summed E-state index contributed by atoms with van der Waals surface area (Å²) < 4.78 is 0. The SMILES string of the molecule is O=C(Cc1ccn[nH]1)Nc1cccc2cc[nH]c12. The predicted octanol–water partition coefficient (Wildman–Crippen LogP) is 2.07. The maximum Gasteiger partial charge on any atom is 0.230 e. The molecule has 3 aromatic rings. The average molecular weight is 240 g/mol. The van der Waals surface area contributed by atoms with Gasteiger partial charge < -0.3 is 10.3 Å². The molecule has 0 unspecified atom stereocenters. The Morgan fingerprint density at radius 3 is 3.06 bits per heavy atom. The molecule has 3 N–H and O–H groups in total. The molecule has 0 aliphatic heterocycles. The van der Waals surface area contributed by atoms with E-state index in [1.54, 1.807) is 12.3 Å². The van der Waals surface area contributed by atoms with Crippen molar-refractivity contribution >= 4 is 22.5 Å². The lowest BCUT2D eigenvalue weighted by Crippen LogP contribution is -2.14. The number of carbonyl (C=O) groups is 1. The molecule has 18 heavy (non-hydrogen) atoms. The number of hydrogen-bond donors (Lipinski definition) is 3. The highest BCUT2D eigenvalue weighted by Crippen LogP contribution is 2.21. The second kappa shape index (κ2) is 4.37. The van der Waals surface area contributed by atoms with Gasteiger partial charge in [-0.1, -0.05) is 12.1 Å². The van der Waals surface area contributed by atoms with E-state index in [0.717, 1.165) is 22.3 Å². The smallest absolute Gasteiger partial charge is 0.230 e. The number of para-hydroxylation sites is 1. The van der Waals surface area contributed by atoms with Gasteiger partial charge >= 0.3 is 0 Å². The van der Waals surface area contributed by atoms with E-state index in [9.17, 15) is 4.79 Å². The standard InChI is InChI=1S/C13H12N4O/c18-12(8-10-5-7-15-17-10)16-11-3-1-2-9-4-6-14-13(9)11/h1-7,14H,8H2,(H,15,17)(H,16,18). The van der Waals surface area contributed by atoms with Crippen molar-refractivity contribution in [3.63, 3.8) is 0 Å². The van der Waals surface area contributed by atoms with Gasteiger partial charge in [0.05, 0.1) is 17.6 Å². The summed E-state index contributed by atoms with van der Waals surface area (Å²) in [7, 11) is 0. The third-order valence-corrected chi connectivity index (χ3v) is 2.77. The largest absolute Gasteiger partial charge is 0.359 e. The molecule has 90 valence electrons. The summed E-state index contributed by atoms with van der Waals surface area (Å²) in [6.45, 7) is 0. The molecule has 0 saturated carbocycles. The average Bonchev–Trinajstić information content (AvgIpc) is 2.99. The lowest BCUT2D eigenvalue weighted by molar-refractivity contribution is -0.115. The molecule has 1 aromatic carbocycles. The van der Waals surface area contributed by atoms with Gasteiger partial charge in [-0.05, 0) is 18.2 Å². The first kappa shape index (κ1) is 10.6. The summed E-state index contributed by atoms with van der Waals surface area (Å²) in [6.07, 6.45) is 3.78. The number of fused-ring (bicyclic) bond motifs is 1. The van der Waals surface area contributed by atoms with Crippen molar-refractivity contribution in [1.29, 1.82) is 0 Å². The molecule has 0 radical (unpaired) electrons. The quantitative estimate of drug-likeness (QED) is 0.655. The summed E-state index contributed by atoms with van der Waals surface area (Å²) in [5.41, 5.74) is 2.53. The summed E-state index contributed by atoms with van der Waals surface area (Å²) in [5.74, 6) is -0.0682. The van der Waals surface area contributed by atoms with Crippen LogP contribution in [0.4, 0.5) is 5.69 Å². The van der Waals surface area contributed by atoms with E-state index in [-0.39, 0.29) is 12.3 Å². The summed E-state index contributed by atoms with van der Waals surface area (Å²) >= 11 is 0. The van der Waals surface area contributed by atoms with Crippen LogP contribution in [0.25, 0.3) is 10.9 Å². The van der Waals surface area contributed by atoms with Gasteiger partial charge in [-0.3, -0.25) is 9.89 Å². The Morgan fingerprint density at radius 1 is 1.28 bits per heavy atom. The monoisotopic (exact) mass is 240 g/mol. The van der Waals surface area contributed by atoms with Crippen LogP contribution in [0.2, 0.25) is 0 Å². The number of amides is 1. The van der Waals surface area contributed by atoms with Crippen LogP contribution in [0, 0.1) is 0 Å². The van der Waals surface area contributed by atoms with Crippen LogP contribution in [0.5, 0.6) is 0 Å². The minimum atomic E-state index is -0.0682. The van der Waals surface area contributed by atoms with E-state index in [4.69, 9.17) is 0 Å². The Morgan fingerprint density at radius 2 is 2.22 bits per heavy atom. The molecule has 0 saturated heterocycles. The molecule has 5 heteroatoms. The fourth-order valence-corrected chi connectivity index (χ4v) is 1.94. The Balaban J connectivity index is 1.80. The predicted molar refractivity (Wildman–Crippen MR) is 69.2 cm³/mol. The fraction of sp³-hybridized carbons (Fsp3) is 0.0769. The molecule has 0 spiro atoms. The van der Waals surface area contributed by atoms with E-state index in [1.165, 1.54) is 0 Å². The third-order valence-electron chi connectivity index (χ3n) is 2.77. The second-order valence-corrected chi connectivity index (χ2v) is 4.05. The van der Waals surface area contributed by atoms with Crippen LogP contribution < -0.4 is 5.32 Å². The van der Waals surface area contributed by atoms with Crippen LogP contribution in [0.3, 0.4) is 0 Å². The molecule has 0 aliphatic rings. The van der Waals surface area contributed by atoms with E-state index >= 15 is 0 Å². The van der Waals surface area contributed by atoms with Gasteiger partial charge in [0.15, 0.2) is 0 Å². The number of hydrogen-bond acceptors (Lipinski definition) is 2. The van der Waals surface area contributed by atoms with Gasteiger partial charge in [-0.2, -0.15) is 5.10 Å². The van der Waals surface area contributed by atoms with Crippen LogP contribution in [-0.2, 0) is 11.2 Å². The molecule has 1 amide bonds. The zero-order chi connectivity index (χ0) is 12.4. The van der Waals surface area contributed by atoms with Crippen molar-refractivity contribution in [2.75, 3.05) is 5.32 Å². The normalized spacial score (nSPS) is 10.7. The van der Waals surface area contributed by atoms with E-state index in [2.05, 4.69) is 20.5 Å². The number of aromatic amines is 2. The molecular formula is C13H12N4O. The fourth-order valence-electron chi connectivity index (χ4n) is 1.94. The van der Waals surface area contributed by atoms with E-state index < -0.39 is 0 Å².